The van der Waals surface area contributed by atoms with Crippen LogP contribution in [0.4, 0.5) is 0 Å². The van der Waals surface area contributed by atoms with Crippen LogP contribution in [0.25, 0.3) is 0 Å². The van der Waals surface area contributed by atoms with Crippen molar-refractivity contribution in [3.05, 3.63) is 47.4 Å². The Labute approximate surface area is 166 Å². The number of sulfonamides is 1. The number of hydrogen-bond acceptors (Lipinski definition) is 5. The minimum Gasteiger partial charge on any atom is -0.497 e. The van der Waals surface area contributed by atoms with Gasteiger partial charge in [0.25, 0.3) is 0 Å². The highest BCUT2D eigenvalue weighted by Crippen LogP contribution is 2.22. The summed E-state index contributed by atoms with van der Waals surface area (Å²) in [6, 6.07) is 6.65. The van der Waals surface area contributed by atoms with Crippen molar-refractivity contribution in [2.24, 2.45) is 5.92 Å². The largest absolute Gasteiger partial charge is 0.497 e. The molecule has 2 rings (SSSR count). The Morgan fingerprint density at radius 1 is 1.11 bits per heavy atom. The molecule has 154 valence electrons. The molecule has 8 heteroatoms. The molecule has 2 aromatic rings. The van der Waals surface area contributed by atoms with Crippen LogP contribution in [0.5, 0.6) is 5.75 Å². The van der Waals surface area contributed by atoms with E-state index in [0.29, 0.717) is 5.75 Å². The summed E-state index contributed by atoms with van der Waals surface area (Å²) < 4.78 is 38.5. The number of hydrogen-bond donors (Lipinski definition) is 2. The minimum atomic E-state index is -3.86. The zero-order valence-electron chi connectivity index (χ0n) is 17.1. The van der Waals surface area contributed by atoms with Gasteiger partial charge in [-0.05, 0) is 57.0 Å². The van der Waals surface area contributed by atoms with Gasteiger partial charge >= 0.3 is 0 Å². The molecule has 0 bridgehead atoms. The molecule has 1 unspecified atom stereocenters. The van der Waals surface area contributed by atoms with Gasteiger partial charge in [0.05, 0.1) is 18.0 Å². The topological polar surface area (TPSA) is 97.6 Å². The first kappa shape index (κ1) is 22.0. The molecular weight excluding hydrogens is 380 g/mol. The van der Waals surface area contributed by atoms with Crippen molar-refractivity contribution in [3.63, 3.8) is 0 Å². The first-order chi connectivity index (χ1) is 13.0. The predicted molar refractivity (Wildman–Crippen MR) is 107 cm³/mol. The molecule has 1 amide bonds. The van der Waals surface area contributed by atoms with Gasteiger partial charge in [-0.15, -0.1) is 0 Å². The van der Waals surface area contributed by atoms with Crippen molar-refractivity contribution in [2.45, 2.75) is 51.6 Å². The van der Waals surface area contributed by atoms with Crippen LogP contribution in [0.2, 0.25) is 0 Å². The summed E-state index contributed by atoms with van der Waals surface area (Å²) in [5, 5.41) is 2.88. The second kappa shape index (κ2) is 8.79. The molecule has 1 heterocycles. The predicted octanol–water partition coefficient (Wildman–Crippen LogP) is 3.09. The Hall–Kier alpha value is -2.32. The molecule has 0 aliphatic heterocycles. The Balaban J connectivity index is 2.17. The Bertz CT molecular complexity index is 917. The van der Waals surface area contributed by atoms with E-state index in [9.17, 15) is 13.2 Å². The Kier molecular flexibility index (Phi) is 6.90. The van der Waals surface area contributed by atoms with Crippen LogP contribution in [0.3, 0.4) is 0 Å². The summed E-state index contributed by atoms with van der Waals surface area (Å²) in [5.74, 6) is 1.40. The Morgan fingerprint density at radius 3 is 2.18 bits per heavy atom. The van der Waals surface area contributed by atoms with E-state index in [1.165, 1.54) is 19.2 Å². The van der Waals surface area contributed by atoms with Gasteiger partial charge in [0, 0.05) is 5.56 Å². The average molecular weight is 409 g/mol. The molecule has 2 atom stereocenters. The first-order valence-electron chi connectivity index (χ1n) is 9.09. The van der Waals surface area contributed by atoms with Gasteiger partial charge in [-0.25, -0.2) is 8.42 Å². The third kappa shape index (κ3) is 5.14. The van der Waals surface area contributed by atoms with E-state index in [1.807, 2.05) is 26.8 Å². The smallest absolute Gasteiger partial charge is 0.241 e. The summed E-state index contributed by atoms with van der Waals surface area (Å²) in [5.41, 5.74) is 0.867. The lowest BCUT2D eigenvalue weighted by Gasteiger charge is -2.24. The molecular formula is C20H28N2O5S. The molecule has 7 nitrogen and oxygen atoms in total. The summed E-state index contributed by atoms with van der Waals surface area (Å²) in [7, 11) is -2.36. The fraction of sp³-hybridized carbons (Fsp3) is 0.450. The molecule has 0 radical (unpaired) electrons. The maximum Gasteiger partial charge on any atom is 0.241 e. The SMILES string of the molecule is COc1ccc(S(=O)(=O)N[C@H](C(=O)NC(C)c2cc(C)oc2C)C(C)C)cc1. The van der Waals surface area contributed by atoms with Gasteiger partial charge in [0.2, 0.25) is 15.9 Å². The van der Waals surface area contributed by atoms with Crippen molar-refractivity contribution in [1.82, 2.24) is 10.0 Å². The fourth-order valence-electron chi connectivity index (χ4n) is 2.94. The standard InChI is InChI=1S/C20H28N2O5S/c1-12(2)19(20(23)21-14(4)18-11-13(3)27-15(18)5)22-28(24,25)17-9-7-16(26-6)8-10-17/h7-12,14,19,22H,1-6H3,(H,21,23)/t14?,19-/m0/s1. The molecule has 0 aliphatic rings. The number of furan rings is 1. The van der Waals surface area contributed by atoms with Gasteiger partial charge in [0.15, 0.2) is 0 Å². The van der Waals surface area contributed by atoms with E-state index in [0.717, 1.165) is 17.1 Å². The van der Waals surface area contributed by atoms with Crippen molar-refractivity contribution in [3.8, 4) is 5.75 Å². The second-order valence-electron chi connectivity index (χ2n) is 7.12. The number of ether oxygens (including phenoxy) is 1. The van der Waals surface area contributed by atoms with Gasteiger partial charge in [-0.1, -0.05) is 13.8 Å². The minimum absolute atomic E-state index is 0.0705. The van der Waals surface area contributed by atoms with Crippen LogP contribution >= 0.6 is 0 Å². The Morgan fingerprint density at radius 2 is 1.71 bits per heavy atom. The van der Waals surface area contributed by atoms with Crippen LogP contribution in [0.1, 0.15) is 43.9 Å². The number of methoxy groups -OCH3 is 1. The molecule has 0 saturated carbocycles. The average Bonchev–Trinajstić information content (AvgIpc) is 2.97. The van der Waals surface area contributed by atoms with E-state index in [4.69, 9.17) is 9.15 Å². The third-order valence-corrected chi connectivity index (χ3v) is 5.96. The number of amides is 1. The number of nitrogens with one attached hydrogen (secondary N) is 2. The molecule has 1 aromatic carbocycles. The summed E-state index contributed by atoms with van der Waals surface area (Å²) >= 11 is 0. The molecule has 0 spiro atoms. The maximum absolute atomic E-state index is 12.8. The van der Waals surface area contributed by atoms with Crippen LogP contribution in [0.15, 0.2) is 39.6 Å². The molecule has 28 heavy (non-hydrogen) atoms. The van der Waals surface area contributed by atoms with E-state index in [1.54, 1.807) is 26.0 Å². The third-order valence-electron chi connectivity index (χ3n) is 4.51. The fourth-order valence-corrected chi connectivity index (χ4v) is 4.29. The zero-order chi connectivity index (χ0) is 21.1. The quantitative estimate of drug-likeness (QED) is 0.699. The van der Waals surface area contributed by atoms with Crippen LogP contribution < -0.4 is 14.8 Å². The summed E-state index contributed by atoms with van der Waals surface area (Å²) in [4.78, 5) is 12.9. The van der Waals surface area contributed by atoms with Crippen molar-refractivity contribution in [1.29, 1.82) is 0 Å². The monoisotopic (exact) mass is 408 g/mol. The van der Waals surface area contributed by atoms with Crippen molar-refractivity contribution in [2.75, 3.05) is 7.11 Å². The van der Waals surface area contributed by atoms with Gasteiger partial charge in [0.1, 0.15) is 23.3 Å². The summed E-state index contributed by atoms with van der Waals surface area (Å²) in [6.07, 6.45) is 0. The normalized spacial score (nSPS) is 14.0. The molecule has 0 fully saturated rings. The van der Waals surface area contributed by atoms with Crippen LogP contribution in [-0.2, 0) is 14.8 Å². The van der Waals surface area contributed by atoms with E-state index < -0.39 is 22.0 Å². The molecule has 2 N–H and O–H groups in total. The number of aryl methyl sites for hydroxylation is 2. The first-order valence-corrected chi connectivity index (χ1v) is 10.6. The highest BCUT2D eigenvalue weighted by atomic mass is 32.2. The number of benzene rings is 1. The highest BCUT2D eigenvalue weighted by molar-refractivity contribution is 7.89. The maximum atomic E-state index is 12.8. The van der Waals surface area contributed by atoms with Gasteiger partial charge in [-0.2, -0.15) is 4.72 Å². The lowest BCUT2D eigenvalue weighted by molar-refractivity contribution is -0.124. The highest BCUT2D eigenvalue weighted by Gasteiger charge is 2.29. The summed E-state index contributed by atoms with van der Waals surface area (Å²) in [6.45, 7) is 9.09. The number of carbonyl (C=O) groups is 1. The second-order valence-corrected chi connectivity index (χ2v) is 8.83. The molecule has 0 aliphatic carbocycles. The lowest BCUT2D eigenvalue weighted by Crippen LogP contribution is -2.50. The van der Waals surface area contributed by atoms with Crippen molar-refractivity contribution < 1.29 is 22.4 Å². The van der Waals surface area contributed by atoms with E-state index >= 15 is 0 Å². The zero-order valence-corrected chi connectivity index (χ0v) is 17.9. The number of carbonyl (C=O) groups excluding carboxylic acids is 1. The molecule has 1 aromatic heterocycles. The lowest BCUT2D eigenvalue weighted by atomic mass is 10.0. The van der Waals surface area contributed by atoms with Gasteiger partial charge in [-0.3, -0.25) is 4.79 Å². The molecule has 0 saturated heterocycles. The van der Waals surface area contributed by atoms with Gasteiger partial charge < -0.3 is 14.5 Å². The van der Waals surface area contributed by atoms with Crippen LogP contribution in [0, 0.1) is 19.8 Å². The van der Waals surface area contributed by atoms with Crippen molar-refractivity contribution >= 4 is 15.9 Å². The van der Waals surface area contributed by atoms with Crippen LogP contribution in [-0.4, -0.2) is 27.5 Å². The number of rotatable bonds is 8. The van der Waals surface area contributed by atoms with E-state index in [2.05, 4.69) is 10.0 Å². The van der Waals surface area contributed by atoms with E-state index in [-0.39, 0.29) is 16.9 Å².